The van der Waals surface area contributed by atoms with Crippen LogP contribution in [0.1, 0.15) is 5.56 Å². The lowest BCUT2D eigenvalue weighted by Crippen LogP contribution is -2.05. The smallest absolute Gasteiger partial charge is 0.387 e. The molecular weight excluding hydrogens is 388 g/mol. The molecule has 0 radical (unpaired) electrons. The van der Waals surface area contributed by atoms with Crippen molar-refractivity contribution in [1.82, 2.24) is 4.98 Å². The lowest BCUT2D eigenvalue weighted by Gasteiger charge is -2.10. The second-order valence-corrected chi connectivity index (χ2v) is 5.09. The SMILES string of the molecule is COc1cc(C=CC(=O)Oc2cccnc2Br)ccc1OC(F)F. The van der Waals surface area contributed by atoms with Crippen molar-refractivity contribution < 1.29 is 27.8 Å². The van der Waals surface area contributed by atoms with Gasteiger partial charge in [-0.3, -0.25) is 0 Å². The number of esters is 1. The topological polar surface area (TPSA) is 57.7 Å². The fourth-order valence-corrected chi connectivity index (χ4v) is 2.07. The van der Waals surface area contributed by atoms with E-state index in [1.54, 1.807) is 18.3 Å². The molecule has 0 fully saturated rings. The standard InChI is InChI=1S/C16H12BrF2NO4/c1-22-13-9-10(4-6-11(13)24-16(18)19)5-7-14(21)23-12-3-2-8-20-15(12)17/h2-9,16H,1H3. The van der Waals surface area contributed by atoms with E-state index in [-0.39, 0.29) is 17.2 Å². The van der Waals surface area contributed by atoms with Crippen LogP contribution in [0.15, 0.2) is 47.2 Å². The predicted octanol–water partition coefficient (Wildman–Crippen LogP) is 4.07. The number of ether oxygens (including phenoxy) is 3. The first kappa shape index (κ1) is 17.9. The number of hydrogen-bond acceptors (Lipinski definition) is 5. The molecule has 8 heteroatoms. The van der Waals surface area contributed by atoms with Crippen LogP contribution < -0.4 is 14.2 Å². The maximum atomic E-state index is 12.3. The van der Waals surface area contributed by atoms with Gasteiger partial charge >= 0.3 is 12.6 Å². The van der Waals surface area contributed by atoms with Gasteiger partial charge in [0.25, 0.3) is 0 Å². The third kappa shape index (κ3) is 5.02. The van der Waals surface area contributed by atoms with Crippen molar-refractivity contribution in [2.45, 2.75) is 6.61 Å². The van der Waals surface area contributed by atoms with Gasteiger partial charge in [-0.1, -0.05) is 6.07 Å². The van der Waals surface area contributed by atoms with Gasteiger partial charge < -0.3 is 14.2 Å². The largest absolute Gasteiger partial charge is 0.493 e. The summed E-state index contributed by atoms with van der Waals surface area (Å²) < 4.78 is 39.4. The fraction of sp³-hybridized carbons (Fsp3) is 0.125. The normalized spacial score (nSPS) is 10.9. The molecule has 0 aliphatic heterocycles. The van der Waals surface area contributed by atoms with Gasteiger partial charge in [0, 0.05) is 12.3 Å². The zero-order valence-electron chi connectivity index (χ0n) is 12.4. The minimum Gasteiger partial charge on any atom is -0.493 e. The quantitative estimate of drug-likeness (QED) is 0.416. The lowest BCUT2D eigenvalue weighted by molar-refractivity contribution is -0.128. The van der Waals surface area contributed by atoms with Crippen LogP contribution in [0.2, 0.25) is 0 Å². The first-order valence-electron chi connectivity index (χ1n) is 6.63. The highest BCUT2D eigenvalue weighted by molar-refractivity contribution is 9.10. The molecule has 0 aliphatic rings. The number of aromatic nitrogens is 1. The molecule has 0 saturated heterocycles. The minimum atomic E-state index is -2.95. The molecule has 0 saturated carbocycles. The van der Waals surface area contributed by atoms with E-state index in [9.17, 15) is 13.6 Å². The van der Waals surface area contributed by atoms with Crippen LogP contribution in [0.5, 0.6) is 17.2 Å². The van der Waals surface area contributed by atoms with Crippen molar-refractivity contribution in [3.8, 4) is 17.2 Å². The summed E-state index contributed by atoms with van der Waals surface area (Å²) in [5.74, 6) is -0.298. The average molecular weight is 400 g/mol. The van der Waals surface area contributed by atoms with Gasteiger partial charge in [-0.25, -0.2) is 9.78 Å². The zero-order valence-corrected chi connectivity index (χ0v) is 14.0. The molecule has 0 bridgehead atoms. The van der Waals surface area contributed by atoms with Crippen LogP contribution in [0.4, 0.5) is 8.78 Å². The van der Waals surface area contributed by atoms with Gasteiger partial charge in [0.15, 0.2) is 17.2 Å². The summed E-state index contributed by atoms with van der Waals surface area (Å²) >= 11 is 3.16. The second-order valence-electron chi connectivity index (χ2n) is 4.34. The summed E-state index contributed by atoms with van der Waals surface area (Å²) in [6.45, 7) is -2.95. The van der Waals surface area contributed by atoms with E-state index < -0.39 is 12.6 Å². The molecule has 24 heavy (non-hydrogen) atoms. The van der Waals surface area contributed by atoms with E-state index in [2.05, 4.69) is 25.7 Å². The number of methoxy groups -OCH3 is 1. The second kappa shape index (κ2) is 8.39. The first-order valence-corrected chi connectivity index (χ1v) is 7.42. The van der Waals surface area contributed by atoms with Crippen LogP contribution in [0.3, 0.4) is 0 Å². The highest BCUT2D eigenvalue weighted by Crippen LogP contribution is 2.30. The Morgan fingerprint density at radius 2 is 2.04 bits per heavy atom. The Kier molecular flexibility index (Phi) is 6.25. The van der Waals surface area contributed by atoms with Crippen molar-refractivity contribution >= 4 is 28.0 Å². The zero-order chi connectivity index (χ0) is 17.5. The molecule has 2 rings (SSSR count). The Balaban J connectivity index is 2.08. The van der Waals surface area contributed by atoms with Crippen molar-refractivity contribution in [3.05, 3.63) is 52.8 Å². The van der Waals surface area contributed by atoms with E-state index in [0.29, 0.717) is 10.2 Å². The number of nitrogens with zero attached hydrogens (tertiary/aromatic N) is 1. The molecule has 1 aromatic carbocycles. The number of pyridine rings is 1. The Labute approximate surface area is 145 Å². The van der Waals surface area contributed by atoms with E-state index in [4.69, 9.17) is 9.47 Å². The molecule has 2 aromatic rings. The molecule has 126 valence electrons. The van der Waals surface area contributed by atoms with Gasteiger partial charge in [0.05, 0.1) is 7.11 Å². The van der Waals surface area contributed by atoms with Crippen LogP contribution in [0.25, 0.3) is 6.08 Å². The Morgan fingerprint density at radius 3 is 2.71 bits per heavy atom. The van der Waals surface area contributed by atoms with Crippen molar-refractivity contribution in [2.75, 3.05) is 7.11 Å². The third-order valence-corrected chi connectivity index (χ3v) is 3.35. The number of alkyl halides is 2. The van der Waals surface area contributed by atoms with Gasteiger partial charge in [0.2, 0.25) is 0 Å². The molecule has 5 nitrogen and oxygen atoms in total. The average Bonchev–Trinajstić information content (AvgIpc) is 2.55. The minimum absolute atomic E-state index is 0.0912. The van der Waals surface area contributed by atoms with Gasteiger partial charge in [0.1, 0.15) is 4.60 Å². The van der Waals surface area contributed by atoms with Crippen LogP contribution >= 0.6 is 15.9 Å². The molecule has 0 amide bonds. The Morgan fingerprint density at radius 1 is 1.25 bits per heavy atom. The molecular formula is C16H12BrF2NO4. The number of benzene rings is 1. The molecule has 1 heterocycles. The van der Waals surface area contributed by atoms with Gasteiger partial charge in [-0.15, -0.1) is 0 Å². The summed E-state index contributed by atoms with van der Waals surface area (Å²) in [5.41, 5.74) is 0.552. The molecule has 0 spiro atoms. The molecule has 1 aromatic heterocycles. The first-order chi connectivity index (χ1) is 11.5. The highest BCUT2D eigenvalue weighted by Gasteiger charge is 2.11. The Bertz CT molecular complexity index is 753. The molecule has 0 unspecified atom stereocenters. The Hall–Kier alpha value is -2.48. The number of hydrogen-bond donors (Lipinski definition) is 0. The van der Waals surface area contributed by atoms with Gasteiger partial charge in [-0.05, 0) is 51.8 Å². The summed E-state index contributed by atoms with van der Waals surface area (Å²) in [6, 6.07) is 7.51. The predicted molar refractivity (Wildman–Crippen MR) is 86.2 cm³/mol. The number of rotatable bonds is 6. The van der Waals surface area contributed by atoms with E-state index in [1.165, 1.54) is 37.5 Å². The van der Waals surface area contributed by atoms with Gasteiger partial charge in [-0.2, -0.15) is 8.78 Å². The van der Waals surface area contributed by atoms with Crippen molar-refractivity contribution in [1.29, 1.82) is 0 Å². The summed E-state index contributed by atoms with van der Waals surface area (Å²) in [4.78, 5) is 15.7. The number of carbonyl (C=O) groups is 1. The summed E-state index contributed by atoms with van der Waals surface area (Å²) in [7, 11) is 1.33. The molecule has 0 aliphatic carbocycles. The highest BCUT2D eigenvalue weighted by atomic mass is 79.9. The van der Waals surface area contributed by atoms with E-state index in [1.807, 2.05) is 0 Å². The lowest BCUT2D eigenvalue weighted by atomic mass is 10.2. The van der Waals surface area contributed by atoms with E-state index in [0.717, 1.165) is 0 Å². The van der Waals surface area contributed by atoms with Crippen LogP contribution in [-0.2, 0) is 4.79 Å². The maximum Gasteiger partial charge on any atom is 0.387 e. The maximum absolute atomic E-state index is 12.3. The molecule has 0 N–H and O–H groups in total. The summed E-state index contributed by atoms with van der Waals surface area (Å²) in [5, 5.41) is 0. The third-order valence-electron chi connectivity index (χ3n) is 2.75. The fourth-order valence-electron chi connectivity index (χ4n) is 1.74. The van der Waals surface area contributed by atoms with Crippen molar-refractivity contribution in [3.63, 3.8) is 0 Å². The van der Waals surface area contributed by atoms with Crippen LogP contribution in [0, 0.1) is 0 Å². The van der Waals surface area contributed by atoms with Crippen molar-refractivity contribution in [2.24, 2.45) is 0 Å². The number of carbonyl (C=O) groups excluding carboxylic acids is 1. The van der Waals surface area contributed by atoms with E-state index >= 15 is 0 Å². The molecule has 0 atom stereocenters. The van der Waals surface area contributed by atoms with Crippen LogP contribution in [-0.4, -0.2) is 24.7 Å². The number of halogens is 3. The summed E-state index contributed by atoms with van der Waals surface area (Å²) in [6.07, 6.45) is 4.20. The monoisotopic (exact) mass is 399 g/mol.